The third-order valence-electron chi connectivity index (χ3n) is 10.2. The molecule has 0 aromatic heterocycles. The van der Waals surface area contributed by atoms with E-state index in [1.165, 1.54) is 60.8 Å². The first kappa shape index (κ1) is 22.4. The van der Waals surface area contributed by atoms with Crippen molar-refractivity contribution in [3.05, 3.63) is 131 Å². The summed E-state index contributed by atoms with van der Waals surface area (Å²) < 4.78 is 6.27. The zero-order valence-corrected chi connectivity index (χ0v) is 22.4. The van der Waals surface area contributed by atoms with Crippen LogP contribution in [-0.2, 0) is 10.1 Å². The topological polar surface area (TPSA) is 9.23 Å². The SMILES string of the molecule is CC1(C)O[B]C(c2ccc3c(c2)C2(c4ccccc4-3)c3ccccc3-c3cccc4cccc2c34)C1(C)C. The van der Waals surface area contributed by atoms with Crippen molar-refractivity contribution in [1.29, 1.82) is 0 Å². The minimum Gasteiger partial charge on any atom is -0.435 e. The Kier molecular flexibility index (Phi) is 4.28. The molecule has 1 heterocycles. The third kappa shape index (κ3) is 2.53. The van der Waals surface area contributed by atoms with Gasteiger partial charge in [0, 0.05) is 0 Å². The second-order valence-corrected chi connectivity index (χ2v) is 12.3. The monoisotopic (exact) mass is 489 g/mol. The number of fused-ring (bicyclic) bond motifs is 9. The lowest BCUT2D eigenvalue weighted by molar-refractivity contribution is 0.0302. The van der Waals surface area contributed by atoms with Crippen LogP contribution >= 0.6 is 0 Å². The first-order valence-corrected chi connectivity index (χ1v) is 13.7. The molecule has 5 aromatic carbocycles. The molecule has 38 heavy (non-hydrogen) atoms. The number of benzene rings is 5. The van der Waals surface area contributed by atoms with E-state index in [9.17, 15) is 0 Å². The fraction of sp³-hybridized carbons (Fsp3) is 0.222. The molecule has 0 bridgehead atoms. The average Bonchev–Trinajstić information content (AvgIpc) is 3.34. The number of hydrogen-bond acceptors (Lipinski definition) is 1. The molecule has 1 aliphatic heterocycles. The van der Waals surface area contributed by atoms with Gasteiger partial charge < -0.3 is 4.65 Å². The Morgan fingerprint density at radius 2 is 1.16 bits per heavy atom. The van der Waals surface area contributed by atoms with Crippen molar-refractivity contribution >= 4 is 18.3 Å². The normalized spacial score (nSPS) is 23.1. The summed E-state index contributed by atoms with van der Waals surface area (Å²) in [6, 6.07) is 39.0. The summed E-state index contributed by atoms with van der Waals surface area (Å²) in [4.78, 5) is 0. The fourth-order valence-corrected chi connectivity index (χ4v) is 7.57. The Bertz CT molecular complexity index is 1790. The molecule has 2 aliphatic carbocycles. The van der Waals surface area contributed by atoms with E-state index < -0.39 is 0 Å². The molecular weight excluding hydrogens is 459 g/mol. The molecule has 2 heteroatoms. The molecule has 1 nitrogen and oxygen atoms in total. The lowest BCUT2D eigenvalue weighted by atomic mass is 9.58. The molecule has 2 unspecified atom stereocenters. The van der Waals surface area contributed by atoms with Gasteiger partial charge in [-0.3, -0.25) is 0 Å². The first-order chi connectivity index (χ1) is 18.4. The van der Waals surface area contributed by atoms with Gasteiger partial charge in [-0.15, -0.1) is 0 Å². The molecule has 1 spiro atoms. The lowest BCUT2D eigenvalue weighted by Crippen LogP contribution is -2.37. The molecular formula is C36H30BO. The molecule has 8 rings (SSSR count). The minimum absolute atomic E-state index is 0.0308. The summed E-state index contributed by atoms with van der Waals surface area (Å²) in [5, 5.41) is 2.68. The van der Waals surface area contributed by atoms with Gasteiger partial charge >= 0.3 is 7.48 Å². The average molecular weight is 489 g/mol. The molecule has 3 aliphatic rings. The fourth-order valence-electron chi connectivity index (χ4n) is 7.57. The van der Waals surface area contributed by atoms with Crippen molar-refractivity contribution in [3.63, 3.8) is 0 Å². The molecule has 5 aromatic rings. The lowest BCUT2D eigenvalue weighted by Gasteiger charge is -2.41. The molecule has 0 amide bonds. The van der Waals surface area contributed by atoms with E-state index in [0.29, 0.717) is 0 Å². The summed E-state index contributed by atoms with van der Waals surface area (Å²) in [6.07, 6.45) is 0. The molecule has 0 saturated carbocycles. The van der Waals surface area contributed by atoms with Gasteiger partial charge in [0.2, 0.25) is 0 Å². The molecule has 0 N–H and O–H groups in total. The van der Waals surface area contributed by atoms with E-state index in [2.05, 4.69) is 138 Å². The Balaban J connectivity index is 1.51. The van der Waals surface area contributed by atoms with Gasteiger partial charge in [0.25, 0.3) is 0 Å². The van der Waals surface area contributed by atoms with Gasteiger partial charge in [-0.25, -0.2) is 0 Å². The Morgan fingerprint density at radius 3 is 1.84 bits per heavy atom. The van der Waals surface area contributed by atoms with Crippen LogP contribution in [-0.4, -0.2) is 13.1 Å². The smallest absolute Gasteiger partial charge is 0.301 e. The van der Waals surface area contributed by atoms with Gasteiger partial charge in [0.15, 0.2) is 0 Å². The van der Waals surface area contributed by atoms with E-state index in [4.69, 9.17) is 4.65 Å². The molecule has 2 atom stereocenters. The van der Waals surface area contributed by atoms with E-state index in [1.807, 2.05) is 0 Å². The standard InChI is InChI=1S/C36H30BO/c1-34(2)33(37-38-35(34,3)4)23-19-20-26-24-13-5-7-16-28(24)36(31(26)21-23)29-17-8-6-14-25(29)27-15-9-11-22-12-10-18-30(36)32(22)27/h5-21,33H,1-4H3. The predicted molar refractivity (Wildman–Crippen MR) is 158 cm³/mol. The zero-order chi connectivity index (χ0) is 25.9. The van der Waals surface area contributed by atoms with Gasteiger partial charge in [0.1, 0.15) is 0 Å². The summed E-state index contributed by atoms with van der Waals surface area (Å²) in [5.41, 5.74) is 11.6. The van der Waals surface area contributed by atoms with Crippen molar-refractivity contribution in [3.8, 4) is 22.3 Å². The highest BCUT2D eigenvalue weighted by atomic mass is 16.5. The van der Waals surface area contributed by atoms with Crippen molar-refractivity contribution < 1.29 is 4.65 Å². The summed E-state index contributed by atoms with van der Waals surface area (Å²) in [5.74, 6) is 0.213. The third-order valence-corrected chi connectivity index (χ3v) is 10.2. The van der Waals surface area contributed by atoms with Gasteiger partial charge in [0.05, 0.1) is 11.0 Å². The maximum absolute atomic E-state index is 6.27. The summed E-state index contributed by atoms with van der Waals surface area (Å²) >= 11 is 0. The van der Waals surface area contributed by atoms with Gasteiger partial charge in [-0.05, 0) is 85.9 Å². The van der Waals surface area contributed by atoms with E-state index >= 15 is 0 Å². The minimum atomic E-state index is -0.370. The molecule has 1 fully saturated rings. The second-order valence-electron chi connectivity index (χ2n) is 12.3. The summed E-state index contributed by atoms with van der Waals surface area (Å²) in [7, 11) is 2.08. The van der Waals surface area contributed by atoms with E-state index in [1.54, 1.807) is 0 Å². The van der Waals surface area contributed by atoms with Crippen LogP contribution in [0.1, 0.15) is 61.3 Å². The predicted octanol–water partition coefficient (Wildman–Crippen LogP) is 8.68. The Labute approximate surface area is 225 Å². The van der Waals surface area contributed by atoms with Crippen LogP contribution < -0.4 is 0 Å². The Morgan fingerprint density at radius 1 is 0.579 bits per heavy atom. The molecule has 1 saturated heterocycles. The van der Waals surface area contributed by atoms with Crippen molar-refractivity contribution in [1.82, 2.24) is 0 Å². The van der Waals surface area contributed by atoms with Crippen LogP contribution in [0.4, 0.5) is 0 Å². The van der Waals surface area contributed by atoms with Crippen molar-refractivity contribution in [2.75, 3.05) is 0 Å². The van der Waals surface area contributed by atoms with Crippen molar-refractivity contribution in [2.45, 2.75) is 44.5 Å². The highest BCUT2D eigenvalue weighted by Gasteiger charge is 2.53. The highest BCUT2D eigenvalue weighted by Crippen LogP contribution is 2.62. The van der Waals surface area contributed by atoms with Crippen LogP contribution in [0.15, 0.2) is 103 Å². The number of hydrogen-bond donors (Lipinski definition) is 0. The van der Waals surface area contributed by atoms with Crippen LogP contribution in [0.5, 0.6) is 0 Å². The highest BCUT2D eigenvalue weighted by molar-refractivity contribution is 6.32. The van der Waals surface area contributed by atoms with Gasteiger partial charge in [-0.1, -0.05) is 117 Å². The van der Waals surface area contributed by atoms with E-state index in [0.717, 1.165) is 0 Å². The maximum Gasteiger partial charge on any atom is 0.301 e. The Hall–Kier alpha value is -3.62. The second kappa shape index (κ2) is 7.27. The first-order valence-electron chi connectivity index (χ1n) is 13.7. The largest absolute Gasteiger partial charge is 0.435 e. The van der Waals surface area contributed by atoms with Crippen LogP contribution in [0, 0.1) is 5.41 Å². The van der Waals surface area contributed by atoms with Gasteiger partial charge in [-0.2, -0.15) is 0 Å². The van der Waals surface area contributed by atoms with Crippen LogP contribution in [0.3, 0.4) is 0 Å². The zero-order valence-electron chi connectivity index (χ0n) is 22.4. The summed E-state index contributed by atoms with van der Waals surface area (Å²) in [6.45, 7) is 9.10. The molecule has 183 valence electrons. The quantitative estimate of drug-likeness (QED) is 0.210. The van der Waals surface area contributed by atoms with Crippen LogP contribution in [0.2, 0.25) is 0 Å². The van der Waals surface area contributed by atoms with Crippen LogP contribution in [0.25, 0.3) is 33.0 Å². The van der Waals surface area contributed by atoms with E-state index in [-0.39, 0.29) is 22.2 Å². The molecule has 1 radical (unpaired) electrons. The van der Waals surface area contributed by atoms with Crippen molar-refractivity contribution in [2.24, 2.45) is 5.41 Å². The maximum atomic E-state index is 6.27. The number of rotatable bonds is 1.